The van der Waals surface area contributed by atoms with Crippen molar-refractivity contribution in [1.82, 2.24) is 19.2 Å². The summed E-state index contributed by atoms with van der Waals surface area (Å²) in [5.74, 6) is -1.63. The van der Waals surface area contributed by atoms with Crippen molar-refractivity contribution in [3.05, 3.63) is 102 Å². The SMILES string of the molecule is C=C(OCC)c1ccn2c(NC(=O)c3cc(-c4ccn(C)n4)c(C(F)(F)F)cc3F)c(-c3ccccc3)nc2c1. The van der Waals surface area contributed by atoms with E-state index in [0.717, 1.165) is 6.07 Å². The number of nitrogens with zero attached hydrogens (tertiary/aromatic N) is 4. The number of fused-ring (bicyclic) bond motifs is 1. The predicted octanol–water partition coefficient (Wildman–Crippen LogP) is 6.82. The van der Waals surface area contributed by atoms with Crippen molar-refractivity contribution in [1.29, 1.82) is 0 Å². The molecule has 0 aliphatic rings. The van der Waals surface area contributed by atoms with Crippen LogP contribution in [0.2, 0.25) is 0 Å². The molecule has 0 unspecified atom stereocenters. The monoisotopic (exact) mass is 549 g/mol. The van der Waals surface area contributed by atoms with Gasteiger partial charge in [0.2, 0.25) is 0 Å². The lowest BCUT2D eigenvalue weighted by molar-refractivity contribution is -0.137. The van der Waals surface area contributed by atoms with Gasteiger partial charge >= 0.3 is 6.18 Å². The zero-order valence-corrected chi connectivity index (χ0v) is 21.5. The number of aryl methyl sites for hydroxylation is 1. The highest BCUT2D eigenvalue weighted by Gasteiger charge is 2.36. The summed E-state index contributed by atoms with van der Waals surface area (Å²) in [5.41, 5.74) is -0.128. The third-order valence-corrected chi connectivity index (χ3v) is 6.19. The Morgan fingerprint density at radius 2 is 1.82 bits per heavy atom. The fourth-order valence-corrected chi connectivity index (χ4v) is 4.32. The van der Waals surface area contributed by atoms with Crippen LogP contribution in [0, 0.1) is 5.82 Å². The van der Waals surface area contributed by atoms with Crippen LogP contribution in [0.1, 0.15) is 28.4 Å². The van der Waals surface area contributed by atoms with E-state index >= 15 is 4.39 Å². The Morgan fingerprint density at radius 3 is 2.48 bits per heavy atom. The van der Waals surface area contributed by atoms with Gasteiger partial charge in [-0.1, -0.05) is 36.9 Å². The molecule has 204 valence electrons. The molecule has 0 aliphatic heterocycles. The standard InChI is InChI=1S/C29H23F4N5O2/c1-4-40-17(2)19-10-13-38-25(14-19)34-26(18-8-6-5-7-9-18)27(38)35-28(39)21-15-20(24-11-12-37(3)36-24)22(16-23(21)30)29(31,32)33/h5-16H,2,4H2,1,3H3,(H,35,39). The molecule has 0 saturated carbocycles. The molecule has 0 saturated heterocycles. The van der Waals surface area contributed by atoms with Gasteiger partial charge < -0.3 is 10.1 Å². The molecular weight excluding hydrogens is 526 g/mol. The van der Waals surface area contributed by atoms with Crippen LogP contribution in [0.5, 0.6) is 0 Å². The molecule has 0 spiro atoms. The Hall–Kier alpha value is -4.93. The third kappa shape index (κ3) is 5.05. The predicted molar refractivity (Wildman–Crippen MR) is 143 cm³/mol. The van der Waals surface area contributed by atoms with Gasteiger partial charge in [-0.05, 0) is 37.3 Å². The molecule has 0 bridgehead atoms. The van der Waals surface area contributed by atoms with E-state index in [1.165, 1.54) is 16.9 Å². The zero-order chi connectivity index (χ0) is 28.6. The molecule has 0 atom stereocenters. The second kappa shape index (κ2) is 10.3. The van der Waals surface area contributed by atoms with E-state index in [4.69, 9.17) is 4.74 Å². The molecule has 5 rings (SSSR count). The van der Waals surface area contributed by atoms with Crippen molar-refractivity contribution in [3.8, 4) is 22.5 Å². The molecule has 0 aliphatic carbocycles. The molecule has 11 heteroatoms. The van der Waals surface area contributed by atoms with Crippen molar-refractivity contribution in [3.63, 3.8) is 0 Å². The molecule has 40 heavy (non-hydrogen) atoms. The number of anilines is 1. The summed E-state index contributed by atoms with van der Waals surface area (Å²) in [4.78, 5) is 18.1. The van der Waals surface area contributed by atoms with Gasteiger partial charge in [0.25, 0.3) is 5.91 Å². The summed E-state index contributed by atoms with van der Waals surface area (Å²) < 4.78 is 64.8. The molecule has 0 radical (unpaired) electrons. The number of benzene rings is 2. The smallest absolute Gasteiger partial charge is 0.417 e. The Balaban J connectivity index is 1.62. The van der Waals surface area contributed by atoms with Crippen molar-refractivity contribution < 1.29 is 27.1 Å². The Labute approximate surface area is 226 Å². The van der Waals surface area contributed by atoms with Gasteiger partial charge in [0, 0.05) is 36.1 Å². The van der Waals surface area contributed by atoms with Crippen molar-refractivity contribution in [2.75, 3.05) is 11.9 Å². The second-order valence-electron chi connectivity index (χ2n) is 8.88. The summed E-state index contributed by atoms with van der Waals surface area (Å²) in [6.07, 6.45) is -1.77. The van der Waals surface area contributed by atoms with E-state index in [2.05, 4.69) is 22.0 Å². The number of amides is 1. The first-order valence-corrected chi connectivity index (χ1v) is 12.2. The minimum Gasteiger partial charge on any atom is -0.494 e. The summed E-state index contributed by atoms with van der Waals surface area (Å²) in [7, 11) is 1.54. The first-order chi connectivity index (χ1) is 19.1. The molecule has 1 N–H and O–H groups in total. The van der Waals surface area contributed by atoms with E-state index in [-0.39, 0.29) is 11.5 Å². The number of imidazole rings is 1. The van der Waals surface area contributed by atoms with Gasteiger partial charge in [-0.25, -0.2) is 9.37 Å². The van der Waals surface area contributed by atoms with E-state index in [1.807, 2.05) is 13.0 Å². The topological polar surface area (TPSA) is 73.5 Å². The van der Waals surface area contributed by atoms with Gasteiger partial charge in [0.1, 0.15) is 28.7 Å². The van der Waals surface area contributed by atoms with Crippen LogP contribution in [-0.4, -0.2) is 31.7 Å². The largest absolute Gasteiger partial charge is 0.494 e. The maximum Gasteiger partial charge on any atom is 0.417 e. The van der Waals surface area contributed by atoms with Crippen LogP contribution in [0.3, 0.4) is 0 Å². The van der Waals surface area contributed by atoms with Crippen LogP contribution in [-0.2, 0) is 18.0 Å². The normalized spacial score (nSPS) is 11.6. The average molecular weight is 550 g/mol. The number of halogens is 4. The van der Waals surface area contributed by atoms with E-state index in [1.54, 1.807) is 54.0 Å². The van der Waals surface area contributed by atoms with Crippen LogP contribution in [0.25, 0.3) is 33.9 Å². The maximum absolute atomic E-state index is 15.1. The van der Waals surface area contributed by atoms with Crippen LogP contribution in [0.15, 0.2) is 79.6 Å². The molecular formula is C29H23F4N5O2. The molecule has 2 aromatic carbocycles. The number of nitrogens with one attached hydrogen (secondary N) is 1. The van der Waals surface area contributed by atoms with Gasteiger partial charge in [0.15, 0.2) is 0 Å². The number of pyridine rings is 1. The molecule has 3 aromatic heterocycles. The lowest BCUT2D eigenvalue weighted by Gasteiger charge is -2.15. The summed E-state index contributed by atoms with van der Waals surface area (Å²) in [6, 6.07) is 15.0. The van der Waals surface area contributed by atoms with Crippen molar-refractivity contribution in [2.45, 2.75) is 13.1 Å². The Bertz CT molecular complexity index is 1740. The van der Waals surface area contributed by atoms with E-state index < -0.39 is 34.6 Å². The number of aromatic nitrogens is 4. The first kappa shape index (κ1) is 26.7. The number of hydrogen-bond acceptors (Lipinski definition) is 4. The minimum atomic E-state index is -4.87. The lowest BCUT2D eigenvalue weighted by atomic mass is 9.99. The van der Waals surface area contributed by atoms with E-state index in [0.29, 0.717) is 40.9 Å². The van der Waals surface area contributed by atoms with Gasteiger partial charge in [-0.15, -0.1) is 0 Å². The van der Waals surface area contributed by atoms with Gasteiger partial charge in [-0.3, -0.25) is 13.9 Å². The number of carbonyl (C=O) groups excluding carboxylic acids is 1. The highest BCUT2D eigenvalue weighted by atomic mass is 19.4. The highest BCUT2D eigenvalue weighted by molar-refractivity contribution is 6.06. The summed E-state index contributed by atoms with van der Waals surface area (Å²) >= 11 is 0. The minimum absolute atomic E-state index is 0.0503. The Kier molecular flexibility index (Phi) is 6.88. The molecule has 3 heterocycles. The molecule has 0 fully saturated rings. The van der Waals surface area contributed by atoms with Crippen LogP contribution >= 0.6 is 0 Å². The summed E-state index contributed by atoms with van der Waals surface area (Å²) in [5, 5.41) is 6.69. The fraction of sp³-hybridized carbons (Fsp3) is 0.138. The number of alkyl halides is 3. The third-order valence-electron chi connectivity index (χ3n) is 6.19. The van der Waals surface area contributed by atoms with Crippen LogP contribution in [0.4, 0.5) is 23.4 Å². The second-order valence-corrected chi connectivity index (χ2v) is 8.88. The maximum atomic E-state index is 15.1. The molecule has 5 aromatic rings. The van der Waals surface area contributed by atoms with Crippen molar-refractivity contribution >= 4 is 23.1 Å². The number of rotatable bonds is 7. The Morgan fingerprint density at radius 1 is 1.07 bits per heavy atom. The number of carbonyl (C=O) groups is 1. The van der Waals surface area contributed by atoms with Crippen LogP contribution < -0.4 is 5.32 Å². The van der Waals surface area contributed by atoms with Gasteiger partial charge in [-0.2, -0.15) is 18.3 Å². The van der Waals surface area contributed by atoms with Gasteiger partial charge in [0.05, 0.1) is 23.4 Å². The van der Waals surface area contributed by atoms with Crippen molar-refractivity contribution in [2.24, 2.45) is 7.05 Å². The van der Waals surface area contributed by atoms with E-state index in [9.17, 15) is 18.0 Å². The quantitative estimate of drug-likeness (QED) is 0.179. The number of hydrogen-bond donors (Lipinski definition) is 1. The molecule has 1 amide bonds. The molecule has 7 nitrogen and oxygen atoms in total. The number of ether oxygens (including phenoxy) is 1. The highest BCUT2D eigenvalue weighted by Crippen LogP contribution is 2.38. The fourth-order valence-electron chi connectivity index (χ4n) is 4.32. The lowest BCUT2D eigenvalue weighted by Crippen LogP contribution is -2.18. The summed E-state index contributed by atoms with van der Waals surface area (Å²) in [6.45, 7) is 6.17. The zero-order valence-electron chi connectivity index (χ0n) is 21.5. The average Bonchev–Trinajstić information content (AvgIpc) is 3.51. The first-order valence-electron chi connectivity index (χ1n) is 12.2.